The SMILES string of the molecule is CCCCCCCCCCC(C)CCC(=O)OC. The van der Waals surface area contributed by atoms with Crippen LogP contribution in [0.1, 0.15) is 84.5 Å². The summed E-state index contributed by atoms with van der Waals surface area (Å²) in [6.07, 6.45) is 13.8. The van der Waals surface area contributed by atoms with E-state index in [1.165, 1.54) is 64.9 Å². The third-order valence-electron chi connectivity index (χ3n) is 3.62. The van der Waals surface area contributed by atoms with Crippen molar-refractivity contribution in [1.29, 1.82) is 0 Å². The van der Waals surface area contributed by atoms with Gasteiger partial charge in [-0.25, -0.2) is 0 Å². The zero-order chi connectivity index (χ0) is 13.6. The standard InChI is InChI=1S/C16H32O2/c1-4-5-6-7-8-9-10-11-12-15(2)13-14-16(17)18-3/h15H,4-14H2,1-3H3. The van der Waals surface area contributed by atoms with Crippen LogP contribution >= 0.6 is 0 Å². The summed E-state index contributed by atoms with van der Waals surface area (Å²) in [6, 6.07) is 0. The summed E-state index contributed by atoms with van der Waals surface area (Å²) in [5.41, 5.74) is 0. The van der Waals surface area contributed by atoms with Gasteiger partial charge in [0, 0.05) is 6.42 Å². The van der Waals surface area contributed by atoms with Crippen molar-refractivity contribution in [3.05, 3.63) is 0 Å². The maximum Gasteiger partial charge on any atom is 0.305 e. The lowest BCUT2D eigenvalue weighted by Crippen LogP contribution is -2.04. The van der Waals surface area contributed by atoms with E-state index in [1.54, 1.807) is 0 Å². The molecule has 2 heteroatoms. The normalized spacial score (nSPS) is 12.4. The Hall–Kier alpha value is -0.530. The van der Waals surface area contributed by atoms with Crippen molar-refractivity contribution in [3.8, 4) is 0 Å². The van der Waals surface area contributed by atoms with Crippen molar-refractivity contribution in [3.63, 3.8) is 0 Å². The number of methoxy groups -OCH3 is 1. The first-order valence-corrected chi connectivity index (χ1v) is 7.77. The second kappa shape index (κ2) is 12.9. The van der Waals surface area contributed by atoms with Crippen molar-refractivity contribution in [2.45, 2.75) is 84.5 Å². The highest BCUT2D eigenvalue weighted by Gasteiger charge is 2.06. The number of hydrogen-bond acceptors (Lipinski definition) is 2. The number of carbonyl (C=O) groups excluding carboxylic acids is 1. The van der Waals surface area contributed by atoms with Gasteiger partial charge < -0.3 is 4.74 Å². The summed E-state index contributed by atoms with van der Waals surface area (Å²) in [7, 11) is 1.46. The molecule has 0 aliphatic rings. The molecule has 18 heavy (non-hydrogen) atoms. The van der Waals surface area contributed by atoms with Gasteiger partial charge in [0.1, 0.15) is 0 Å². The molecule has 0 saturated carbocycles. The lowest BCUT2D eigenvalue weighted by atomic mass is 9.97. The Kier molecular flexibility index (Phi) is 12.5. The van der Waals surface area contributed by atoms with Crippen LogP contribution in [0.3, 0.4) is 0 Å². The third-order valence-corrected chi connectivity index (χ3v) is 3.62. The van der Waals surface area contributed by atoms with E-state index in [0.717, 1.165) is 6.42 Å². The fraction of sp³-hybridized carbons (Fsp3) is 0.938. The number of esters is 1. The van der Waals surface area contributed by atoms with E-state index in [4.69, 9.17) is 0 Å². The summed E-state index contributed by atoms with van der Waals surface area (Å²) in [4.78, 5) is 11.0. The monoisotopic (exact) mass is 256 g/mol. The summed E-state index contributed by atoms with van der Waals surface area (Å²) in [5.74, 6) is 0.585. The van der Waals surface area contributed by atoms with E-state index in [-0.39, 0.29) is 5.97 Å². The molecule has 0 aromatic heterocycles. The fourth-order valence-corrected chi connectivity index (χ4v) is 2.24. The minimum absolute atomic E-state index is 0.0715. The van der Waals surface area contributed by atoms with Crippen LogP contribution in [-0.4, -0.2) is 13.1 Å². The van der Waals surface area contributed by atoms with Crippen molar-refractivity contribution >= 4 is 5.97 Å². The molecule has 0 N–H and O–H groups in total. The Bertz CT molecular complexity index is 190. The van der Waals surface area contributed by atoms with Gasteiger partial charge in [-0.3, -0.25) is 4.79 Å². The molecule has 0 amide bonds. The average molecular weight is 256 g/mol. The zero-order valence-corrected chi connectivity index (χ0v) is 12.7. The molecule has 0 radical (unpaired) electrons. The van der Waals surface area contributed by atoms with Crippen molar-refractivity contribution in [2.75, 3.05) is 7.11 Å². The van der Waals surface area contributed by atoms with Gasteiger partial charge in [0.2, 0.25) is 0 Å². The van der Waals surface area contributed by atoms with Crippen molar-refractivity contribution < 1.29 is 9.53 Å². The molecule has 0 heterocycles. The first-order valence-electron chi connectivity index (χ1n) is 7.77. The minimum atomic E-state index is -0.0715. The Morgan fingerprint density at radius 3 is 2.06 bits per heavy atom. The number of ether oxygens (including phenoxy) is 1. The molecule has 1 atom stereocenters. The van der Waals surface area contributed by atoms with Crippen LogP contribution in [0.2, 0.25) is 0 Å². The van der Waals surface area contributed by atoms with Gasteiger partial charge >= 0.3 is 5.97 Å². The summed E-state index contributed by atoms with van der Waals surface area (Å²) < 4.78 is 4.65. The van der Waals surface area contributed by atoms with Gasteiger partial charge in [0.25, 0.3) is 0 Å². The van der Waals surface area contributed by atoms with Gasteiger partial charge in [-0.15, -0.1) is 0 Å². The second-order valence-electron chi connectivity index (χ2n) is 5.48. The lowest BCUT2D eigenvalue weighted by molar-refractivity contribution is -0.140. The maximum absolute atomic E-state index is 11.0. The smallest absolute Gasteiger partial charge is 0.305 e. The third kappa shape index (κ3) is 11.9. The van der Waals surface area contributed by atoms with E-state index in [9.17, 15) is 4.79 Å². The predicted octanol–water partition coefficient (Wildman–Crippen LogP) is 5.11. The van der Waals surface area contributed by atoms with Gasteiger partial charge in [-0.05, 0) is 12.3 Å². The number of hydrogen-bond donors (Lipinski definition) is 0. The van der Waals surface area contributed by atoms with E-state index in [0.29, 0.717) is 12.3 Å². The topological polar surface area (TPSA) is 26.3 Å². The minimum Gasteiger partial charge on any atom is -0.469 e. The number of rotatable bonds is 12. The van der Waals surface area contributed by atoms with Gasteiger partial charge in [-0.2, -0.15) is 0 Å². The van der Waals surface area contributed by atoms with Crippen LogP contribution < -0.4 is 0 Å². The Labute approximate surface area is 113 Å². The molecule has 108 valence electrons. The van der Waals surface area contributed by atoms with Crippen LogP contribution in [0, 0.1) is 5.92 Å². The number of carbonyl (C=O) groups is 1. The molecule has 0 aliphatic heterocycles. The largest absolute Gasteiger partial charge is 0.469 e. The average Bonchev–Trinajstić information content (AvgIpc) is 2.39. The van der Waals surface area contributed by atoms with Crippen LogP contribution in [-0.2, 0) is 9.53 Å². The van der Waals surface area contributed by atoms with Crippen LogP contribution in [0.4, 0.5) is 0 Å². The highest BCUT2D eigenvalue weighted by atomic mass is 16.5. The molecule has 0 aromatic carbocycles. The van der Waals surface area contributed by atoms with E-state index < -0.39 is 0 Å². The summed E-state index contributed by atoms with van der Waals surface area (Å²) >= 11 is 0. The molecule has 0 aliphatic carbocycles. The molecule has 0 fully saturated rings. The lowest BCUT2D eigenvalue weighted by Gasteiger charge is -2.10. The van der Waals surface area contributed by atoms with E-state index >= 15 is 0 Å². The molecular formula is C16H32O2. The highest BCUT2D eigenvalue weighted by Crippen LogP contribution is 2.16. The zero-order valence-electron chi connectivity index (χ0n) is 12.7. The molecule has 1 unspecified atom stereocenters. The molecule has 0 spiro atoms. The van der Waals surface area contributed by atoms with Gasteiger partial charge in [0.15, 0.2) is 0 Å². The molecule has 0 rings (SSSR count). The Morgan fingerprint density at radius 2 is 1.50 bits per heavy atom. The molecule has 0 bridgehead atoms. The number of unbranched alkanes of at least 4 members (excludes halogenated alkanes) is 7. The van der Waals surface area contributed by atoms with Crippen molar-refractivity contribution in [2.24, 2.45) is 5.92 Å². The second-order valence-corrected chi connectivity index (χ2v) is 5.48. The molecular weight excluding hydrogens is 224 g/mol. The first-order chi connectivity index (χ1) is 8.70. The molecule has 2 nitrogen and oxygen atoms in total. The fourth-order valence-electron chi connectivity index (χ4n) is 2.24. The Balaban J connectivity index is 3.20. The van der Waals surface area contributed by atoms with Crippen molar-refractivity contribution in [1.82, 2.24) is 0 Å². The quantitative estimate of drug-likeness (QED) is 0.358. The van der Waals surface area contributed by atoms with Gasteiger partial charge in [0.05, 0.1) is 7.11 Å². The highest BCUT2D eigenvalue weighted by molar-refractivity contribution is 5.69. The molecule has 0 saturated heterocycles. The predicted molar refractivity (Wildman–Crippen MR) is 77.6 cm³/mol. The van der Waals surface area contributed by atoms with E-state index in [2.05, 4.69) is 18.6 Å². The van der Waals surface area contributed by atoms with E-state index in [1.807, 2.05) is 0 Å². The van der Waals surface area contributed by atoms with Crippen LogP contribution in [0.15, 0.2) is 0 Å². The Morgan fingerprint density at radius 1 is 0.944 bits per heavy atom. The van der Waals surface area contributed by atoms with Crippen LogP contribution in [0.25, 0.3) is 0 Å². The summed E-state index contributed by atoms with van der Waals surface area (Å²) in [6.45, 7) is 4.50. The van der Waals surface area contributed by atoms with Gasteiger partial charge in [-0.1, -0.05) is 71.6 Å². The molecule has 0 aromatic rings. The first kappa shape index (κ1) is 17.5. The maximum atomic E-state index is 11.0. The summed E-state index contributed by atoms with van der Waals surface area (Å²) in [5, 5.41) is 0. The van der Waals surface area contributed by atoms with Crippen LogP contribution in [0.5, 0.6) is 0 Å².